The van der Waals surface area contributed by atoms with E-state index < -0.39 is 16.1 Å². The number of nitrogens with zero attached hydrogens (tertiary/aromatic N) is 3. The smallest absolute Gasteiger partial charge is 0.268 e. The standard InChI is InChI=1S/C27H33N3O5S/c1-6-34-26-23(28-27(35-7-2)25(29-26)18(3)4)15-19-17-30(24-14-13-20(33-5)16-22(19)24)36(31,32)21-11-9-8-10-12-21/h8-14,16-18,23,25H,6-7,15H2,1-5H3/t23?,25-/m0/s1. The molecule has 0 amide bonds. The number of benzene rings is 2. The third-order valence-corrected chi connectivity index (χ3v) is 7.76. The van der Waals surface area contributed by atoms with Gasteiger partial charge in [0.2, 0.25) is 11.8 Å². The Balaban J connectivity index is 1.83. The first-order chi connectivity index (χ1) is 17.3. The zero-order chi connectivity index (χ0) is 25.9. The molecular weight excluding hydrogens is 478 g/mol. The molecule has 0 radical (unpaired) electrons. The highest BCUT2D eigenvalue weighted by atomic mass is 32.2. The summed E-state index contributed by atoms with van der Waals surface area (Å²) in [5.41, 5.74) is 1.36. The minimum atomic E-state index is -3.81. The maximum Gasteiger partial charge on any atom is 0.268 e. The molecule has 36 heavy (non-hydrogen) atoms. The molecule has 1 aliphatic rings. The van der Waals surface area contributed by atoms with Crippen molar-refractivity contribution in [1.82, 2.24) is 3.97 Å². The fraction of sp³-hybridized carbons (Fsp3) is 0.407. The summed E-state index contributed by atoms with van der Waals surface area (Å²) in [6.45, 7) is 8.92. The summed E-state index contributed by atoms with van der Waals surface area (Å²) in [5, 5.41) is 0.767. The Morgan fingerprint density at radius 2 is 1.67 bits per heavy atom. The molecule has 1 unspecified atom stereocenters. The second-order valence-electron chi connectivity index (χ2n) is 8.86. The maximum atomic E-state index is 13.6. The lowest BCUT2D eigenvalue weighted by atomic mass is 10.00. The number of aromatic nitrogens is 1. The second kappa shape index (κ2) is 10.7. The first kappa shape index (κ1) is 25.8. The van der Waals surface area contributed by atoms with Crippen LogP contribution < -0.4 is 4.74 Å². The summed E-state index contributed by atoms with van der Waals surface area (Å²) in [4.78, 5) is 9.97. The minimum absolute atomic E-state index is 0.189. The van der Waals surface area contributed by atoms with Gasteiger partial charge < -0.3 is 14.2 Å². The van der Waals surface area contributed by atoms with Gasteiger partial charge in [0.1, 0.15) is 17.8 Å². The van der Waals surface area contributed by atoms with Crippen molar-refractivity contribution in [3.8, 4) is 5.75 Å². The van der Waals surface area contributed by atoms with E-state index in [-0.39, 0.29) is 16.9 Å². The molecule has 0 saturated heterocycles. The molecule has 1 aliphatic heterocycles. The Morgan fingerprint density at radius 3 is 2.31 bits per heavy atom. The molecule has 1 aromatic heterocycles. The second-order valence-corrected chi connectivity index (χ2v) is 10.7. The molecule has 9 heteroatoms. The molecule has 192 valence electrons. The number of rotatable bonds is 8. The van der Waals surface area contributed by atoms with Crippen LogP contribution in [0.2, 0.25) is 0 Å². The highest BCUT2D eigenvalue weighted by molar-refractivity contribution is 7.90. The highest BCUT2D eigenvalue weighted by Crippen LogP contribution is 2.31. The molecule has 0 saturated carbocycles. The largest absolute Gasteiger partial charge is 0.497 e. The molecule has 8 nitrogen and oxygen atoms in total. The lowest BCUT2D eigenvalue weighted by Gasteiger charge is -2.28. The zero-order valence-electron chi connectivity index (χ0n) is 21.3. The summed E-state index contributed by atoms with van der Waals surface area (Å²) in [6.07, 6.45) is 2.06. The van der Waals surface area contributed by atoms with Crippen molar-refractivity contribution >= 4 is 32.7 Å². The van der Waals surface area contributed by atoms with Crippen molar-refractivity contribution in [1.29, 1.82) is 0 Å². The molecule has 2 heterocycles. The molecule has 3 aromatic rings. The number of aliphatic imine (C=N–C) groups is 2. The first-order valence-electron chi connectivity index (χ1n) is 12.2. The third-order valence-electron chi connectivity index (χ3n) is 6.08. The topological polar surface area (TPSA) is 91.5 Å². The molecular formula is C27H33N3O5S. The van der Waals surface area contributed by atoms with Crippen molar-refractivity contribution in [2.24, 2.45) is 15.9 Å². The van der Waals surface area contributed by atoms with Gasteiger partial charge in [-0.25, -0.2) is 22.4 Å². The van der Waals surface area contributed by atoms with E-state index in [4.69, 9.17) is 24.2 Å². The summed E-state index contributed by atoms with van der Waals surface area (Å²) in [7, 11) is -2.23. The summed E-state index contributed by atoms with van der Waals surface area (Å²) >= 11 is 0. The quantitative estimate of drug-likeness (QED) is 0.437. The lowest BCUT2D eigenvalue weighted by molar-refractivity contribution is 0.276. The van der Waals surface area contributed by atoms with Gasteiger partial charge in [-0.1, -0.05) is 32.0 Å². The normalized spacial score (nSPS) is 18.2. The van der Waals surface area contributed by atoms with Gasteiger partial charge in [-0.15, -0.1) is 0 Å². The van der Waals surface area contributed by atoms with Crippen LogP contribution in [-0.4, -0.2) is 56.6 Å². The van der Waals surface area contributed by atoms with Gasteiger partial charge in [0.05, 0.1) is 30.7 Å². The highest BCUT2D eigenvalue weighted by Gasteiger charge is 2.33. The fourth-order valence-corrected chi connectivity index (χ4v) is 5.74. The van der Waals surface area contributed by atoms with E-state index in [0.717, 1.165) is 10.9 Å². The van der Waals surface area contributed by atoms with E-state index in [1.807, 2.05) is 19.9 Å². The molecule has 0 aliphatic carbocycles. The van der Waals surface area contributed by atoms with Crippen molar-refractivity contribution < 1.29 is 22.6 Å². The van der Waals surface area contributed by atoms with Crippen LogP contribution in [0.3, 0.4) is 0 Å². The Hall–Kier alpha value is -3.33. The third kappa shape index (κ3) is 4.97. The molecule has 4 rings (SSSR count). The van der Waals surface area contributed by atoms with Gasteiger partial charge >= 0.3 is 0 Å². The molecule has 0 bridgehead atoms. The van der Waals surface area contributed by atoms with Crippen LogP contribution in [0.1, 0.15) is 33.3 Å². The Morgan fingerprint density at radius 1 is 0.972 bits per heavy atom. The van der Waals surface area contributed by atoms with E-state index in [0.29, 0.717) is 42.7 Å². The molecule has 2 aromatic carbocycles. The monoisotopic (exact) mass is 511 g/mol. The van der Waals surface area contributed by atoms with Gasteiger partial charge in [-0.05, 0) is 55.7 Å². The Labute approximate surface area is 212 Å². The molecule has 0 spiro atoms. The predicted molar refractivity (Wildman–Crippen MR) is 142 cm³/mol. The van der Waals surface area contributed by atoms with E-state index in [1.54, 1.807) is 55.8 Å². The van der Waals surface area contributed by atoms with Crippen LogP contribution in [0.25, 0.3) is 10.9 Å². The van der Waals surface area contributed by atoms with E-state index >= 15 is 0 Å². The summed E-state index contributed by atoms with van der Waals surface area (Å²) < 4.78 is 45.7. The average Bonchev–Trinajstić information content (AvgIpc) is 3.24. The fourth-order valence-electron chi connectivity index (χ4n) is 4.33. The zero-order valence-corrected chi connectivity index (χ0v) is 22.2. The Kier molecular flexibility index (Phi) is 7.68. The van der Waals surface area contributed by atoms with Gasteiger partial charge in [0.15, 0.2) is 0 Å². The van der Waals surface area contributed by atoms with Crippen LogP contribution in [0, 0.1) is 5.92 Å². The van der Waals surface area contributed by atoms with Crippen LogP contribution in [0.15, 0.2) is 69.6 Å². The van der Waals surface area contributed by atoms with Crippen LogP contribution >= 0.6 is 0 Å². The van der Waals surface area contributed by atoms with E-state index in [2.05, 4.69) is 13.8 Å². The van der Waals surface area contributed by atoms with Crippen molar-refractivity contribution in [2.75, 3.05) is 20.3 Å². The molecule has 0 fully saturated rings. The number of fused-ring (bicyclic) bond motifs is 1. The van der Waals surface area contributed by atoms with Gasteiger partial charge in [-0.3, -0.25) is 0 Å². The van der Waals surface area contributed by atoms with E-state index in [9.17, 15) is 8.42 Å². The van der Waals surface area contributed by atoms with Crippen molar-refractivity contribution in [2.45, 2.75) is 51.1 Å². The van der Waals surface area contributed by atoms with E-state index in [1.165, 1.54) is 3.97 Å². The number of methoxy groups -OCH3 is 1. The molecule has 2 atom stereocenters. The predicted octanol–water partition coefficient (Wildman–Crippen LogP) is 4.71. The maximum absolute atomic E-state index is 13.6. The van der Waals surface area contributed by atoms with Crippen LogP contribution in [-0.2, 0) is 25.9 Å². The van der Waals surface area contributed by atoms with Crippen molar-refractivity contribution in [3.63, 3.8) is 0 Å². The Bertz CT molecular complexity index is 1380. The van der Waals surface area contributed by atoms with Crippen molar-refractivity contribution in [3.05, 3.63) is 60.3 Å². The van der Waals surface area contributed by atoms with Crippen LogP contribution in [0.4, 0.5) is 0 Å². The average molecular weight is 512 g/mol. The lowest BCUT2D eigenvalue weighted by Crippen LogP contribution is -2.39. The van der Waals surface area contributed by atoms with Gasteiger partial charge in [0, 0.05) is 18.0 Å². The molecule has 0 N–H and O–H groups in total. The number of hydrogen-bond donors (Lipinski definition) is 0. The van der Waals surface area contributed by atoms with Crippen LogP contribution in [0.5, 0.6) is 5.75 Å². The number of hydrogen-bond acceptors (Lipinski definition) is 7. The first-order valence-corrected chi connectivity index (χ1v) is 13.6. The van der Waals surface area contributed by atoms with Gasteiger partial charge in [-0.2, -0.15) is 0 Å². The minimum Gasteiger partial charge on any atom is -0.497 e. The summed E-state index contributed by atoms with van der Waals surface area (Å²) in [5.74, 6) is 1.95. The van der Waals surface area contributed by atoms with Gasteiger partial charge in [0.25, 0.3) is 10.0 Å². The SMILES string of the molecule is CCOC1=N[C@@H](C(C)C)C(OCC)=NC1Cc1cn(S(=O)(=O)c2ccccc2)c2ccc(OC)cc12. The number of ether oxygens (including phenoxy) is 3. The summed E-state index contributed by atoms with van der Waals surface area (Å²) in [6, 6.07) is 13.1.